The van der Waals surface area contributed by atoms with Gasteiger partial charge in [0.25, 0.3) is 0 Å². The Bertz CT molecular complexity index is 1150. The summed E-state index contributed by atoms with van der Waals surface area (Å²) >= 11 is 1.77. The number of benzene rings is 2. The second-order valence-electron chi connectivity index (χ2n) is 9.57. The number of rotatable bonds is 6. The van der Waals surface area contributed by atoms with E-state index < -0.39 is 0 Å². The summed E-state index contributed by atoms with van der Waals surface area (Å²) in [6, 6.07) is 12.2. The second-order valence-corrected chi connectivity index (χ2v) is 10.4. The predicted molar refractivity (Wildman–Crippen MR) is 144 cm³/mol. The molecule has 1 fully saturated rings. The standard InChI is InChI=1S/C28H33N3S.ClH/c1-19-14-27(29-18-31(3)26-9-6-10-26)20(2)13-24(19)16-25-17-32-28(30-25)23-12-11-21-7-4-5-8-22(21)15-23;/h11-15,17-18,26H,4-10,16H2,1-3H3;1H. The SMILES string of the molecule is Cc1cc(N=CN(C)C2CCC2)c(C)cc1Cc1csc(-c2ccc3c(c2)CCCC3)n1.Cl. The van der Waals surface area contributed by atoms with E-state index in [0.717, 1.165) is 22.8 Å². The zero-order valence-corrected chi connectivity index (χ0v) is 21.6. The van der Waals surface area contributed by atoms with Crippen molar-refractivity contribution in [2.24, 2.45) is 4.99 Å². The summed E-state index contributed by atoms with van der Waals surface area (Å²) in [6.45, 7) is 4.36. The monoisotopic (exact) mass is 479 g/mol. The molecule has 0 aliphatic heterocycles. The average molecular weight is 480 g/mol. The first-order valence-corrected chi connectivity index (χ1v) is 12.9. The average Bonchev–Trinajstić information content (AvgIpc) is 3.22. The van der Waals surface area contributed by atoms with Gasteiger partial charge < -0.3 is 4.90 Å². The molecule has 1 aromatic heterocycles. The van der Waals surface area contributed by atoms with Crippen molar-refractivity contribution in [1.82, 2.24) is 9.88 Å². The summed E-state index contributed by atoms with van der Waals surface area (Å²) in [7, 11) is 2.15. The van der Waals surface area contributed by atoms with Crippen molar-refractivity contribution in [3.05, 3.63) is 69.2 Å². The molecule has 3 aromatic rings. The maximum absolute atomic E-state index is 4.99. The van der Waals surface area contributed by atoms with Crippen molar-refractivity contribution in [2.75, 3.05) is 7.05 Å². The molecule has 0 N–H and O–H groups in total. The quantitative estimate of drug-likeness (QED) is 0.271. The molecule has 5 rings (SSSR count). The van der Waals surface area contributed by atoms with Gasteiger partial charge in [0.05, 0.1) is 17.7 Å². The van der Waals surface area contributed by atoms with Crippen LogP contribution in [0.5, 0.6) is 0 Å². The molecule has 5 heteroatoms. The number of thiazole rings is 1. The fraction of sp³-hybridized carbons (Fsp3) is 0.429. The molecule has 0 amide bonds. The van der Waals surface area contributed by atoms with Gasteiger partial charge in [0.15, 0.2) is 0 Å². The second kappa shape index (κ2) is 10.4. The van der Waals surface area contributed by atoms with Gasteiger partial charge in [-0.15, -0.1) is 23.7 Å². The highest BCUT2D eigenvalue weighted by Gasteiger charge is 2.20. The molecule has 1 heterocycles. The Morgan fingerprint density at radius 1 is 1.03 bits per heavy atom. The van der Waals surface area contributed by atoms with Crippen molar-refractivity contribution < 1.29 is 0 Å². The van der Waals surface area contributed by atoms with Gasteiger partial charge >= 0.3 is 0 Å². The van der Waals surface area contributed by atoms with Crippen LogP contribution in [0.15, 0.2) is 40.7 Å². The van der Waals surface area contributed by atoms with Crippen LogP contribution < -0.4 is 0 Å². The lowest BCUT2D eigenvalue weighted by molar-refractivity contribution is 0.246. The van der Waals surface area contributed by atoms with Crippen LogP contribution in [-0.2, 0) is 19.3 Å². The van der Waals surface area contributed by atoms with E-state index in [1.807, 2.05) is 6.34 Å². The highest BCUT2D eigenvalue weighted by Crippen LogP contribution is 2.31. The van der Waals surface area contributed by atoms with Crippen molar-refractivity contribution in [3.63, 3.8) is 0 Å². The number of fused-ring (bicyclic) bond motifs is 1. The number of aliphatic imine (C=N–C) groups is 1. The molecule has 2 aromatic carbocycles. The zero-order chi connectivity index (χ0) is 22.1. The number of aryl methyl sites for hydroxylation is 4. The third kappa shape index (κ3) is 5.33. The Balaban J connectivity index is 0.00000259. The van der Waals surface area contributed by atoms with E-state index in [4.69, 9.17) is 9.98 Å². The van der Waals surface area contributed by atoms with Crippen molar-refractivity contribution in [3.8, 4) is 10.6 Å². The van der Waals surface area contributed by atoms with Gasteiger partial charge in [0.1, 0.15) is 5.01 Å². The summed E-state index contributed by atoms with van der Waals surface area (Å²) in [5, 5.41) is 3.37. The van der Waals surface area contributed by atoms with Crippen LogP contribution in [0.3, 0.4) is 0 Å². The fourth-order valence-corrected chi connectivity index (χ4v) is 5.63. The first kappa shape index (κ1) is 24.0. The van der Waals surface area contributed by atoms with E-state index in [2.05, 4.69) is 61.5 Å². The summed E-state index contributed by atoms with van der Waals surface area (Å²) < 4.78 is 0. The normalized spacial score (nSPS) is 15.7. The maximum atomic E-state index is 4.99. The molecule has 1 saturated carbocycles. The molecule has 0 unspecified atom stereocenters. The van der Waals surface area contributed by atoms with Gasteiger partial charge in [0, 0.05) is 30.5 Å². The third-order valence-corrected chi connectivity index (χ3v) is 8.14. The van der Waals surface area contributed by atoms with Gasteiger partial charge in [-0.05, 0) is 98.7 Å². The lowest BCUT2D eigenvalue weighted by Crippen LogP contribution is -2.35. The van der Waals surface area contributed by atoms with E-state index in [1.54, 1.807) is 11.3 Å². The smallest absolute Gasteiger partial charge is 0.123 e. The van der Waals surface area contributed by atoms with Crippen molar-refractivity contribution in [1.29, 1.82) is 0 Å². The van der Waals surface area contributed by atoms with Gasteiger partial charge in [-0.1, -0.05) is 18.2 Å². The van der Waals surface area contributed by atoms with Gasteiger partial charge in [0.2, 0.25) is 0 Å². The lowest BCUT2D eigenvalue weighted by Gasteiger charge is -2.33. The van der Waals surface area contributed by atoms with Crippen LogP contribution in [0, 0.1) is 13.8 Å². The molecular weight excluding hydrogens is 446 g/mol. The van der Waals surface area contributed by atoms with E-state index in [-0.39, 0.29) is 12.4 Å². The summed E-state index contributed by atoms with van der Waals surface area (Å²) in [5.74, 6) is 0. The van der Waals surface area contributed by atoms with Crippen LogP contribution in [0.25, 0.3) is 10.6 Å². The Labute approximate surface area is 208 Å². The Morgan fingerprint density at radius 2 is 1.82 bits per heavy atom. The largest absolute Gasteiger partial charge is 0.363 e. The molecule has 174 valence electrons. The highest BCUT2D eigenvalue weighted by atomic mass is 35.5. The van der Waals surface area contributed by atoms with Gasteiger partial charge in [-0.2, -0.15) is 0 Å². The van der Waals surface area contributed by atoms with E-state index >= 15 is 0 Å². The Morgan fingerprint density at radius 3 is 2.58 bits per heavy atom. The van der Waals surface area contributed by atoms with E-state index in [1.165, 1.54) is 78.3 Å². The number of hydrogen-bond acceptors (Lipinski definition) is 3. The minimum Gasteiger partial charge on any atom is -0.363 e. The zero-order valence-electron chi connectivity index (χ0n) is 19.9. The molecule has 0 spiro atoms. The summed E-state index contributed by atoms with van der Waals surface area (Å²) in [5.41, 5.74) is 10.4. The van der Waals surface area contributed by atoms with Crippen molar-refractivity contribution in [2.45, 2.75) is 71.3 Å². The molecule has 3 nitrogen and oxygen atoms in total. The molecule has 2 aliphatic carbocycles. The molecule has 0 saturated heterocycles. The molecular formula is C28H34ClN3S. The minimum absolute atomic E-state index is 0. The molecule has 0 bridgehead atoms. The highest BCUT2D eigenvalue weighted by molar-refractivity contribution is 7.13. The van der Waals surface area contributed by atoms with Gasteiger partial charge in [-0.3, -0.25) is 0 Å². The minimum atomic E-state index is 0. The lowest BCUT2D eigenvalue weighted by atomic mass is 9.90. The number of nitrogens with zero attached hydrogens (tertiary/aromatic N) is 3. The number of hydrogen-bond donors (Lipinski definition) is 0. The summed E-state index contributed by atoms with van der Waals surface area (Å²) in [6.07, 6.45) is 11.9. The Kier molecular flexibility index (Phi) is 7.55. The van der Waals surface area contributed by atoms with Crippen LogP contribution in [0.2, 0.25) is 0 Å². The van der Waals surface area contributed by atoms with E-state index in [0.29, 0.717) is 6.04 Å². The fourth-order valence-electron chi connectivity index (χ4n) is 4.81. The van der Waals surface area contributed by atoms with Crippen LogP contribution >= 0.6 is 23.7 Å². The van der Waals surface area contributed by atoms with E-state index in [9.17, 15) is 0 Å². The first-order chi connectivity index (χ1) is 15.6. The topological polar surface area (TPSA) is 28.5 Å². The molecule has 0 atom stereocenters. The Hall–Kier alpha value is -2.17. The predicted octanol–water partition coefficient (Wildman–Crippen LogP) is 7.46. The first-order valence-electron chi connectivity index (χ1n) is 12.0. The molecule has 0 radical (unpaired) electrons. The van der Waals surface area contributed by atoms with Crippen molar-refractivity contribution >= 4 is 35.8 Å². The van der Waals surface area contributed by atoms with Crippen LogP contribution in [0.4, 0.5) is 5.69 Å². The maximum Gasteiger partial charge on any atom is 0.123 e. The number of aromatic nitrogens is 1. The summed E-state index contributed by atoms with van der Waals surface area (Å²) in [4.78, 5) is 12.0. The third-order valence-electron chi connectivity index (χ3n) is 7.20. The molecule has 33 heavy (non-hydrogen) atoms. The molecule has 2 aliphatic rings. The van der Waals surface area contributed by atoms with Gasteiger partial charge in [-0.25, -0.2) is 9.98 Å². The van der Waals surface area contributed by atoms with Crippen LogP contribution in [0.1, 0.15) is 65.6 Å². The van der Waals surface area contributed by atoms with Crippen LogP contribution in [-0.4, -0.2) is 29.3 Å². The number of halogens is 1.